The van der Waals surface area contributed by atoms with Gasteiger partial charge in [0.25, 0.3) is 0 Å². The molecule has 0 fully saturated rings. The Morgan fingerprint density at radius 3 is 3.00 bits per heavy atom. The molecule has 0 spiro atoms. The molecule has 4 nitrogen and oxygen atoms in total. The summed E-state index contributed by atoms with van der Waals surface area (Å²) in [6.07, 6.45) is 3.64. The lowest BCUT2D eigenvalue weighted by Gasteiger charge is -2.10. The maximum atomic E-state index is 5.99. The van der Waals surface area contributed by atoms with Crippen molar-refractivity contribution in [2.45, 2.75) is 6.92 Å². The van der Waals surface area contributed by atoms with E-state index in [1.807, 2.05) is 35.9 Å². The molecule has 1 aromatic carbocycles. The van der Waals surface area contributed by atoms with Crippen LogP contribution in [-0.2, 0) is 0 Å². The van der Waals surface area contributed by atoms with Crippen LogP contribution in [0.2, 0.25) is 5.02 Å². The summed E-state index contributed by atoms with van der Waals surface area (Å²) in [5, 5.41) is 3.78. The number of hydrogen-bond donors (Lipinski definition) is 1. The van der Waals surface area contributed by atoms with Gasteiger partial charge in [-0.25, -0.2) is 4.98 Å². The summed E-state index contributed by atoms with van der Waals surface area (Å²) in [5.41, 5.74) is 0.958. The fourth-order valence-electron chi connectivity index (χ4n) is 1.60. The number of imidazole rings is 1. The van der Waals surface area contributed by atoms with Gasteiger partial charge in [0.2, 0.25) is 5.95 Å². The number of methoxy groups -OCH3 is 1. The molecule has 2 rings (SSSR count). The van der Waals surface area contributed by atoms with Gasteiger partial charge in [-0.1, -0.05) is 11.6 Å². The minimum atomic E-state index is 0.598. The Morgan fingerprint density at radius 1 is 1.47 bits per heavy atom. The number of benzene rings is 1. The van der Waals surface area contributed by atoms with E-state index < -0.39 is 0 Å². The molecule has 5 heteroatoms. The van der Waals surface area contributed by atoms with Gasteiger partial charge in [-0.15, -0.1) is 0 Å². The fourth-order valence-corrected chi connectivity index (χ4v) is 1.79. The predicted molar refractivity (Wildman–Crippen MR) is 69.3 cm³/mol. The van der Waals surface area contributed by atoms with Crippen LogP contribution in [0.3, 0.4) is 0 Å². The first-order valence-electron chi connectivity index (χ1n) is 5.37. The van der Waals surface area contributed by atoms with Crippen LogP contribution in [0, 0.1) is 0 Å². The topological polar surface area (TPSA) is 39.1 Å². The Balaban J connectivity index is 2.42. The molecule has 0 radical (unpaired) electrons. The van der Waals surface area contributed by atoms with E-state index in [1.54, 1.807) is 13.3 Å². The number of nitrogens with one attached hydrogen (secondary N) is 1. The highest BCUT2D eigenvalue weighted by molar-refractivity contribution is 6.32. The third-order valence-corrected chi connectivity index (χ3v) is 2.70. The van der Waals surface area contributed by atoms with Crippen molar-refractivity contribution in [1.29, 1.82) is 0 Å². The molecule has 1 N–H and O–H groups in total. The van der Waals surface area contributed by atoms with Gasteiger partial charge in [0.05, 0.1) is 17.8 Å². The standard InChI is InChI=1S/C12H14ClN3O/c1-3-14-12-15-6-7-16(12)9-4-5-10(13)11(8-9)17-2/h4-8H,3H2,1-2H3,(H,14,15). The van der Waals surface area contributed by atoms with Crippen molar-refractivity contribution in [3.63, 3.8) is 0 Å². The summed E-state index contributed by atoms with van der Waals surface area (Å²) in [5.74, 6) is 1.46. The fraction of sp³-hybridized carbons (Fsp3) is 0.250. The molecule has 0 aliphatic carbocycles. The van der Waals surface area contributed by atoms with Crippen LogP contribution in [0.4, 0.5) is 5.95 Å². The quantitative estimate of drug-likeness (QED) is 0.908. The molecule has 2 aromatic rings. The molecule has 0 saturated carbocycles. The Kier molecular flexibility index (Phi) is 3.54. The lowest BCUT2D eigenvalue weighted by molar-refractivity contribution is 0.415. The summed E-state index contributed by atoms with van der Waals surface area (Å²) in [7, 11) is 1.60. The smallest absolute Gasteiger partial charge is 0.207 e. The van der Waals surface area contributed by atoms with E-state index in [2.05, 4.69) is 10.3 Å². The van der Waals surface area contributed by atoms with Gasteiger partial charge < -0.3 is 10.1 Å². The maximum absolute atomic E-state index is 5.99. The molecule has 0 unspecified atom stereocenters. The summed E-state index contributed by atoms with van der Waals surface area (Å²) in [6.45, 7) is 2.85. The number of hydrogen-bond acceptors (Lipinski definition) is 3. The molecule has 0 aliphatic rings. The third-order valence-electron chi connectivity index (χ3n) is 2.39. The van der Waals surface area contributed by atoms with Gasteiger partial charge >= 0.3 is 0 Å². The highest BCUT2D eigenvalue weighted by Gasteiger charge is 2.07. The zero-order valence-corrected chi connectivity index (χ0v) is 10.5. The summed E-state index contributed by atoms with van der Waals surface area (Å²) in [4.78, 5) is 4.24. The Hall–Kier alpha value is -1.68. The van der Waals surface area contributed by atoms with E-state index in [0.717, 1.165) is 18.2 Å². The lowest BCUT2D eigenvalue weighted by atomic mass is 10.3. The van der Waals surface area contributed by atoms with Crippen molar-refractivity contribution in [3.05, 3.63) is 35.6 Å². The molecule has 17 heavy (non-hydrogen) atoms. The largest absolute Gasteiger partial charge is 0.495 e. The van der Waals surface area contributed by atoms with Crippen LogP contribution in [0.5, 0.6) is 5.75 Å². The predicted octanol–water partition coefficient (Wildman–Crippen LogP) is 2.97. The molecule has 1 aromatic heterocycles. The number of anilines is 1. The Labute approximate surface area is 105 Å². The van der Waals surface area contributed by atoms with Crippen molar-refractivity contribution in [2.24, 2.45) is 0 Å². The zero-order chi connectivity index (χ0) is 12.3. The van der Waals surface area contributed by atoms with Crippen molar-refractivity contribution < 1.29 is 4.74 Å². The average molecular weight is 252 g/mol. The summed E-state index contributed by atoms with van der Waals surface area (Å²) in [6, 6.07) is 5.61. The number of nitrogens with zero attached hydrogens (tertiary/aromatic N) is 2. The second-order valence-corrected chi connectivity index (χ2v) is 3.88. The average Bonchev–Trinajstić information content (AvgIpc) is 2.78. The van der Waals surface area contributed by atoms with Crippen molar-refractivity contribution in [1.82, 2.24) is 9.55 Å². The van der Waals surface area contributed by atoms with Crippen molar-refractivity contribution >= 4 is 17.5 Å². The first-order chi connectivity index (χ1) is 8.26. The molecule has 0 atom stereocenters. The van der Waals surface area contributed by atoms with Crippen LogP contribution in [0.25, 0.3) is 5.69 Å². The highest BCUT2D eigenvalue weighted by atomic mass is 35.5. The molecule has 0 amide bonds. The number of rotatable bonds is 4. The molecule has 0 bridgehead atoms. The monoisotopic (exact) mass is 251 g/mol. The third kappa shape index (κ3) is 2.36. The number of ether oxygens (including phenoxy) is 1. The SMILES string of the molecule is CCNc1nccn1-c1ccc(Cl)c(OC)c1. The molecule has 1 heterocycles. The number of aromatic nitrogens is 2. The van der Waals surface area contributed by atoms with Gasteiger partial charge in [0, 0.05) is 25.0 Å². The van der Waals surface area contributed by atoms with Crippen LogP contribution in [0.15, 0.2) is 30.6 Å². The van der Waals surface area contributed by atoms with E-state index in [9.17, 15) is 0 Å². The van der Waals surface area contributed by atoms with E-state index >= 15 is 0 Å². The van der Waals surface area contributed by atoms with Gasteiger partial charge in [0.15, 0.2) is 0 Å². The lowest BCUT2D eigenvalue weighted by Crippen LogP contribution is -2.05. The number of halogens is 1. The molecule has 0 saturated heterocycles. The molecule has 90 valence electrons. The van der Waals surface area contributed by atoms with Crippen LogP contribution >= 0.6 is 11.6 Å². The zero-order valence-electron chi connectivity index (χ0n) is 9.77. The van der Waals surface area contributed by atoms with Crippen LogP contribution < -0.4 is 10.1 Å². The second kappa shape index (κ2) is 5.10. The summed E-state index contributed by atoms with van der Waals surface area (Å²) < 4.78 is 7.14. The van der Waals surface area contributed by atoms with Crippen molar-refractivity contribution in [3.8, 4) is 11.4 Å². The van der Waals surface area contributed by atoms with Gasteiger partial charge in [-0.3, -0.25) is 4.57 Å². The van der Waals surface area contributed by atoms with E-state index in [1.165, 1.54) is 0 Å². The first-order valence-corrected chi connectivity index (χ1v) is 5.75. The van der Waals surface area contributed by atoms with Gasteiger partial charge in [0.1, 0.15) is 5.75 Å². The van der Waals surface area contributed by atoms with E-state index in [-0.39, 0.29) is 0 Å². The molecular weight excluding hydrogens is 238 g/mol. The summed E-state index contributed by atoms with van der Waals surface area (Å²) >= 11 is 5.99. The van der Waals surface area contributed by atoms with Crippen LogP contribution in [-0.4, -0.2) is 23.2 Å². The van der Waals surface area contributed by atoms with E-state index in [4.69, 9.17) is 16.3 Å². The van der Waals surface area contributed by atoms with Gasteiger partial charge in [-0.2, -0.15) is 0 Å². The first kappa shape index (κ1) is 11.8. The van der Waals surface area contributed by atoms with Crippen LogP contribution in [0.1, 0.15) is 6.92 Å². The van der Waals surface area contributed by atoms with E-state index in [0.29, 0.717) is 10.8 Å². The van der Waals surface area contributed by atoms with Gasteiger partial charge in [-0.05, 0) is 19.1 Å². The Bertz CT molecular complexity index is 510. The minimum Gasteiger partial charge on any atom is -0.495 e. The van der Waals surface area contributed by atoms with Crippen molar-refractivity contribution in [2.75, 3.05) is 19.0 Å². The Morgan fingerprint density at radius 2 is 2.29 bits per heavy atom. The maximum Gasteiger partial charge on any atom is 0.207 e. The normalized spacial score (nSPS) is 10.3. The minimum absolute atomic E-state index is 0.598. The highest BCUT2D eigenvalue weighted by Crippen LogP contribution is 2.27. The molecular formula is C12H14ClN3O. The molecule has 0 aliphatic heterocycles. The second-order valence-electron chi connectivity index (χ2n) is 3.47.